The molecular formula is C22H23N3O2S. The summed E-state index contributed by atoms with van der Waals surface area (Å²) in [5, 5.41) is 3.66. The lowest BCUT2D eigenvalue weighted by Crippen LogP contribution is -2.43. The normalized spacial score (nSPS) is 15.0. The van der Waals surface area contributed by atoms with Gasteiger partial charge in [0.15, 0.2) is 0 Å². The van der Waals surface area contributed by atoms with Gasteiger partial charge in [0, 0.05) is 24.3 Å². The molecule has 28 heavy (non-hydrogen) atoms. The second kappa shape index (κ2) is 7.72. The predicted octanol–water partition coefficient (Wildman–Crippen LogP) is 4.47. The summed E-state index contributed by atoms with van der Waals surface area (Å²) < 4.78 is 1.16. The van der Waals surface area contributed by atoms with E-state index < -0.39 is 11.8 Å². The van der Waals surface area contributed by atoms with E-state index in [0.717, 1.165) is 33.6 Å². The van der Waals surface area contributed by atoms with Crippen LogP contribution in [0.3, 0.4) is 0 Å². The second-order valence-corrected chi connectivity index (χ2v) is 8.53. The first-order valence-corrected chi connectivity index (χ1v) is 10.4. The number of aryl methyl sites for hydroxylation is 1. The molecule has 2 amide bonds. The molecule has 0 spiro atoms. The molecule has 1 saturated heterocycles. The Hall–Kier alpha value is -2.73. The number of piperidine rings is 1. The Morgan fingerprint density at radius 1 is 1.11 bits per heavy atom. The fourth-order valence-electron chi connectivity index (χ4n) is 3.39. The van der Waals surface area contributed by atoms with Gasteiger partial charge in [-0.2, -0.15) is 0 Å². The molecule has 4 rings (SSSR count). The van der Waals surface area contributed by atoms with E-state index in [1.165, 1.54) is 5.56 Å². The summed E-state index contributed by atoms with van der Waals surface area (Å²) in [6.07, 6.45) is 1.91. The number of aromatic nitrogens is 1. The number of carbonyl (C=O) groups excluding carboxylic acids is 2. The van der Waals surface area contributed by atoms with E-state index in [9.17, 15) is 9.59 Å². The third-order valence-corrected chi connectivity index (χ3v) is 6.27. The van der Waals surface area contributed by atoms with Crippen molar-refractivity contribution in [3.8, 4) is 10.6 Å². The number of hydrogen-bond donors (Lipinski definition) is 1. The highest BCUT2D eigenvalue weighted by atomic mass is 32.1. The van der Waals surface area contributed by atoms with Crippen molar-refractivity contribution in [3.63, 3.8) is 0 Å². The first-order valence-electron chi connectivity index (χ1n) is 9.57. The standard InChI is InChI=1S/C22H23N3O2S/c1-14-9-11-25(12-10-14)22(27)20(26)23-17-6-4-16(5-7-17)21-24-18-8-3-15(2)13-19(18)28-21/h3-8,13-14H,9-12H2,1-2H3,(H,23,26). The second-order valence-electron chi connectivity index (χ2n) is 7.50. The highest BCUT2D eigenvalue weighted by molar-refractivity contribution is 7.21. The highest BCUT2D eigenvalue weighted by Crippen LogP contribution is 2.31. The zero-order chi connectivity index (χ0) is 19.7. The summed E-state index contributed by atoms with van der Waals surface area (Å²) in [4.78, 5) is 30.9. The van der Waals surface area contributed by atoms with Crippen LogP contribution in [0.2, 0.25) is 0 Å². The van der Waals surface area contributed by atoms with Gasteiger partial charge >= 0.3 is 11.8 Å². The Labute approximate surface area is 168 Å². The minimum absolute atomic E-state index is 0.447. The molecule has 3 aromatic rings. The Kier molecular flexibility index (Phi) is 5.13. The summed E-state index contributed by atoms with van der Waals surface area (Å²) >= 11 is 1.65. The lowest BCUT2D eigenvalue weighted by Gasteiger charge is -2.29. The van der Waals surface area contributed by atoms with Crippen molar-refractivity contribution >= 4 is 39.1 Å². The zero-order valence-electron chi connectivity index (χ0n) is 16.1. The molecule has 0 atom stereocenters. The number of likely N-dealkylation sites (tertiary alicyclic amines) is 1. The summed E-state index contributed by atoms with van der Waals surface area (Å²) in [6.45, 7) is 5.56. The molecule has 5 nitrogen and oxygen atoms in total. The molecule has 6 heteroatoms. The lowest BCUT2D eigenvalue weighted by molar-refractivity contribution is -0.144. The van der Waals surface area contributed by atoms with Gasteiger partial charge in [-0.3, -0.25) is 9.59 Å². The van der Waals surface area contributed by atoms with Crippen LogP contribution >= 0.6 is 11.3 Å². The number of amides is 2. The molecular weight excluding hydrogens is 370 g/mol. The summed E-state index contributed by atoms with van der Waals surface area (Å²) in [5.74, 6) is -0.402. The van der Waals surface area contributed by atoms with E-state index in [1.54, 1.807) is 16.2 Å². The zero-order valence-corrected chi connectivity index (χ0v) is 16.9. The topological polar surface area (TPSA) is 62.3 Å². The van der Waals surface area contributed by atoms with Crippen molar-refractivity contribution in [1.29, 1.82) is 0 Å². The monoisotopic (exact) mass is 393 g/mol. The van der Waals surface area contributed by atoms with Gasteiger partial charge in [0.25, 0.3) is 0 Å². The van der Waals surface area contributed by atoms with Crippen LogP contribution in [-0.4, -0.2) is 34.8 Å². The molecule has 1 aromatic heterocycles. The molecule has 2 aromatic carbocycles. The van der Waals surface area contributed by atoms with Crippen molar-refractivity contribution in [2.45, 2.75) is 26.7 Å². The van der Waals surface area contributed by atoms with E-state index in [0.29, 0.717) is 24.7 Å². The average Bonchev–Trinajstić information content (AvgIpc) is 3.11. The molecule has 1 fully saturated rings. The van der Waals surface area contributed by atoms with Crippen LogP contribution in [0, 0.1) is 12.8 Å². The number of nitrogens with zero attached hydrogens (tertiary/aromatic N) is 2. The van der Waals surface area contributed by atoms with Crippen LogP contribution in [0.1, 0.15) is 25.3 Å². The van der Waals surface area contributed by atoms with E-state index in [4.69, 9.17) is 0 Å². The number of nitrogens with one attached hydrogen (secondary N) is 1. The Morgan fingerprint density at radius 3 is 2.54 bits per heavy atom. The van der Waals surface area contributed by atoms with E-state index in [2.05, 4.69) is 36.3 Å². The molecule has 0 radical (unpaired) electrons. The van der Waals surface area contributed by atoms with E-state index in [1.807, 2.05) is 30.3 Å². The summed E-state index contributed by atoms with van der Waals surface area (Å²) in [6, 6.07) is 13.7. The lowest BCUT2D eigenvalue weighted by atomic mass is 9.99. The molecule has 2 heterocycles. The molecule has 0 bridgehead atoms. The van der Waals surface area contributed by atoms with Crippen LogP contribution in [0.15, 0.2) is 42.5 Å². The van der Waals surface area contributed by atoms with Crippen molar-refractivity contribution < 1.29 is 9.59 Å². The maximum Gasteiger partial charge on any atom is 0.313 e. The molecule has 1 aliphatic heterocycles. The van der Waals surface area contributed by atoms with Crippen molar-refractivity contribution in [1.82, 2.24) is 9.88 Å². The van der Waals surface area contributed by atoms with Gasteiger partial charge in [0.1, 0.15) is 5.01 Å². The predicted molar refractivity (Wildman–Crippen MR) is 113 cm³/mol. The minimum atomic E-state index is -0.572. The average molecular weight is 394 g/mol. The van der Waals surface area contributed by atoms with Crippen molar-refractivity contribution in [2.75, 3.05) is 18.4 Å². The van der Waals surface area contributed by atoms with Crippen LogP contribution < -0.4 is 5.32 Å². The van der Waals surface area contributed by atoms with Crippen LogP contribution in [-0.2, 0) is 9.59 Å². The number of fused-ring (bicyclic) bond motifs is 1. The van der Waals surface area contributed by atoms with Gasteiger partial charge in [0.05, 0.1) is 10.2 Å². The Bertz CT molecular complexity index is 1020. The molecule has 144 valence electrons. The van der Waals surface area contributed by atoms with E-state index >= 15 is 0 Å². The highest BCUT2D eigenvalue weighted by Gasteiger charge is 2.25. The third kappa shape index (κ3) is 3.92. The maximum atomic E-state index is 12.3. The minimum Gasteiger partial charge on any atom is -0.334 e. The largest absolute Gasteiger partial charge is 0.334 e. The summed E-state index contributed by atoms with van der Waals surface area (Å²) in [5.41, 5.74) is 3.82. The quantitative estimate of drug-likeness (QED) is 0.654. The number of thiazole rings is 1. The number of carbonyl (C=O) groups is 2. The first kappa shape index (κ1) is 18.6. The van der Waals surface area contributed by atoms with Gasteiger partial charge in [0.2, 0.25) is 0 Å². The smallest absolute Gasteiger partial charge is 0.313 e. The number of hydrogen-bond acceptors (Lipinski definition) is 4. The molecule has 0 saturated carbocycles. The summed E-state index contributed by atoms with van der Waals surface area (Å²) in [7, 11) is 0. The number of rotatable bonds is 2. The van der Waals surface area contributed by atoms with Gasteiger partial charge in [-0.25, -0.2) is 4.98 Å². The molecule has 0 aliphatic carbocycles. The van der Waals surface area contributed by atoms with Crippen LogP contribution in [0.25, 0.3) is 20.8 Å². The first-order chi connectivity index (χ1) is 13.5. The van der Waals surface area contributed by atoms with Gasteiger partial charge in [-0.15, -0.1) is 11.3 Å². The maximum absolute atomic E-state index is 12.3. The van der Waals surface area contributed by atoms with Gasteiger partial charge in [-0.1, -0.05) is 13.0 Å². The third-order valence-electron chi connectivity index (χ3n) is 5.20. The van der Waals surface area contributed by atoms with E-state index in [-0.39, 0.29) is 0 Å². The van der Waals surface area contributed by atoms with Crippen molar-refractivity contribution in [2.24, 2.45) is 5.92 Å². The SMILES string of the molecule is Cc1ccc2nc(-c3ccc(NC(=O)C(=O)N4CCC(C)CC4)cc3)sc2c1. The van der Waals surface area contributed by atoms with Crippen LogP contribution in [0.4, 0.5) is 5.69 Å². The van der Waals surface area contributed by atoms with Gasteiger partial charge < -0.3 is 10.2 Å². The van der Waals surface area contributed by atoms with Crippen LogP contribution in [0.5, 0.6) is 0 Å². The van der Waals surface area contributed by atoms with Crippen molar-refractivity contribution in [3.05, 3.63) is 48.0 Å². The van der Waals surface area contributed by atoms with Gasteiger partial charge in [-0.05, 0) is 67.6 Å². The Morgan fingerprint density at radius 2 is 1.82 bits per heavy atom. The molecule has 0 unspecified atom stereocenters. The number of benzene rings is 2. The fraction of sp³-hybridized carbons (Fsp3) is 0.318. The number of anilines is 1. The Balaban J connectivity index is 1.44. The molecule has 1 aliphatic rings. The fourth-order valence-corrected chi connectivity index (χ4v) is 4.46. The molecule has 1 N–H and O–H groups in total.